The number of thiophene rings is 1. The average molecular weight is 304 g/mol. The second kappa shape index (κ2) is 4.24. The fraction of sp³-hybridized carbons (Fsp3) is 0.267. The Hall–Kier alpha value is -1.52. The Morgan fingerprint density at radius 1 is 1.40 bits per heavy atom. The Labute approximate surface area is 126 Å². The molecule has 1 saturated carbocycles. The van der Waals surface area contributed by atoms with Crippen LogP contribution in [0.25, 0.3) is 21.7 Å². The number of halogens is 1. The third kappa shape index (κ3) is 1.75. The molecule has 4 rings (SSSR count). The van der Waals surface area contributed by atoms with Gasteiger partial charge in [-0.15, -0.1) is 11.3 Å². The first kappa shape index (κ1) is 12.2. The minimum atomic E-state index is 0.554. The maximum Gasteiger partial charge on any atom is 0.153 e. The summed E-state index contributed by atoms with van der Waals surface area (Å²) in [4.78, 5) is 5.86. The molecule has 102 valence electrons. The number of hydrogen-bond donors (Lipinski definition) is 1. The number of nitrogens with two attached hydrogens (primary N) is 1. The summed E-state index contributed by atoms with van der Waals surface area (Å²) >= 11 is 7.75. The van der Waals surface area contributed by atoms with Crippen molar-refractivity contribution >= 4 is 39.7 Å². The summed E-state index contributed by atoms with van der Waals surface area (Å²) in [5.41, 5.74) is 10.3. The average Bonchev–Trinajstić information content (AvgIpc) is 3.12. The third-order valence-electron chi connectivity index (χ3n) is 3.79. The molecular weight excluding hydrogens is 290 g/mol. The van der Waals surface area contributed by atoms with Crippen LogP contribution in [0.15, 0.2) is 23.6 Å². The van der Waals surface area contributed by atoms with E-state index < -0.39 is 0 Å². The number of aryl methyl sites for hydroxylation is 1. The van der Waals surface area contributed by atoms with Crippen LogP contribution in [0.5, 0.6) is 0 Å². The quantitative estimate of drug-likeness (QED) is 0.749. The zero-order valence-electron chi connectivity index (χ0n) is 11.1. The molecule has 0 bridgehead atoms. The maximum absolute atomic E-state index is 6.21. The lowest BCUT2D eigenvalue weighted by Gasteiger charge is -2.07. The number of benzene rings is 1. The summed E-state index contributed by atoms with van der Waals surface area (Å²) in [5, 5.41) is 2.81. The molecule has 20 heavy (non-hydrogen) atoms. The van der Waals surface area contributed by atoms with Gasteiger partial charge in [0, 0.05) is 11.1 Å². The van der Waals surface area contributed by atoms with E-state index in [1.165, 1.54) is 12.8 Å². The molecule has 3 nitrogen and oxygen atoms in total. The van der Waals surface area contributed by atoms with Gasteiger partial charge in [-0.2, -0.15) is 0 Å². The summed E-state index contributed by atoms with van der Waals surface area (Å²) in [6.45, 7) is 2.04. The molecule has 2 heterocycles. The smallest absolute Gasteiger partial charge is 0.153 e. The highest BCUT2D eigenvalue weighted by molar-refractivity contribution is 7.14. The largest absolute Gasteiger partial charge is 0.397 e. The van der Waals surface area contributed by atoms with Crippen LogP contribution < -0.4 is 5.73 Å². The number of aromatic nitrogens is 2. The van der Waals surface area contributed by atoms with Gasteiger partial charge < -0.3 is 10.3 Å². The van der Waals surface area contributed by atoms with Crippen molar-refractivity contribution in [2.24, 2.45) is 0 Å². The van der Waals surface area contributed by atoms with E-state index in [0.29, 0.717) is 6.04 Å². The number of nitrogen functional groups attached to an aromatic ring is 1. The Morgan fingerprint density at radius 2 is 2.20 bits per heavy atom. The molecule has 0 radical (unpaired) electrons. The van der Waals surface area contributed by atoms with E-state index in [4.69, 9.17) is 22.3 Å². The Kier molecular flexibility index (Phi) is 2.59. The van der Waals surface area contributed by atoms with Crippen LogP contribution >= 0.6 is 22.9 Å². The van der Waals surface area contributed by atoms with Crippen molar-refractivity contribution in [1.29, 1.82) is 0 Å². The Bertz CT molecular complexity index is 814. The number of hydrogen-bond acceptors (Lipinski definition) is 3. The second-order valence-corrected chi connectivity index (χ2v) is 6.65. The molecule has 0 unspecified atom stereocenters. The fourth-order valence-electron chi connectivity index (χ4n) is 2.56. The first-order chi connectivity index (χ1) is 9.65. The van der Waals surface area contributed by atoms with Crippen LogP contribution in [-0.2, 0) is 0 Å². The minimum Gasteiger partial charge on any atom is -0.397 e. The fourth-order valence-corrected chi connectivity index (χ4v) is 3.69. The molecule has 1 aliphatic rings. The lowest BCUT2D eigenvalue weighted by molar-refractivity contribution is 0.777. The molecule has 1 fully saturated rings. The van der Waals surface area contributed by atoms with Crippen LogP contribution in [0, 0.1) is 6.92 Å². The summed E-state index contributed by atoms with van der Waals surface area (Å²) in [6.07, 6.45) is 2.43. The molecule has 1 aromatic carbocycles. The molecule has 3 aromatic rings. The zero-order chi connectivity index (χ0) is 13.9. The van der Waals surface area contributed by atoms with Crippen molar-refractivity contribution in [3.8, 4) is 10.7 Å². The molecule has 0 saturated heterocycles. The van der Waals surface area contributed by atoms with Crippen LogP contribution in [0.1, 0.15) is 24.4 Å². The van der Waals surface area contributed by atoms with E-state index in [0.717, 1.165) is 38.0 Å². The van der Waals surface area contributed by atoms with E-state index in [-0.39, 0.29) is 0 Å². The summed E-state index contributed by atoms with van der Waals surface area (Å²) in [6, 6.07) is 6.47. The number of fused-ring (bicyclic) bond motifs is 1. The van der Waals surface area contributed by atoms with Crippen molar-refractivity contribution in [2.45, 2.75) is 25.8 Å². The third-order valence-corrected chi connectivity index (χ3v) is 5.13. The first-order valence-corrected chi connectivity index (χ1v) is 7.92. The van der Waals surface area contributed by atoms with Gasteiger partial charge in [0.1, 0.15) is 0 Å². The van der Waals surface area contributed by atoms with Crippen LogP contribution in [0.3, 0.4) is 0 Å². The van der Waals surface area contributed by atoms with E-state index in [1.807, 2.05) is 19.1 Å². The van der Waals surface area contributed by atoms with Crippen molar-refractivity contribution in [2.75, 3.05) is 5.73 Å². The highest BCUT2D eigenvalue weighted by Crippen LogP contribution is 2.44. The van der Waals surface area contributed by atoms with Gasteiger partial charge in [-0.1, -0.05) is 11.6 Å². The lowest BCUT2D eigenvalue weighted by Crippen LogP contribution is -1.98. The predicted molar refractivity (Wildman–Crippen MR) is 85.5 cm³/mol. The van der Waals surface area contributed by atoms with Crippen molar-refractivity contribution < 1.29 is 0 Å². The van der Waals surface area contributed by atoms with E-state index in [1.54, 1.807) is 11.3 Å². The highest BCUT2D eigenvalue weighted by Gasteiger charge is 2.29. The molecule has 2 N–H and O–H groups in total. The van der Waals surface area contributed by atoms with Gasteiger partial charge >= 0.3 is 0 Å². The molecular formula is C15H14ClN3S. The van der Waals surface area contributed by atoms with Gasteiger partial charge in [0.25, 0.3) is 0 Å². The SMILES string of the molecule is Cc1csc(-c2nc3cc(Cl)ccc3n2C2CC2)c1N. The summed E-state index contributed by atoms with van der Waals surface area (Å²) in [5.74, 6) is 0.986. The summed E-state index contributed by atoms with van der Waals surface area (Å²) < 4.78 is 2.33. The number of imidazole rings is 1. The first-order valence-electron chi connectivity index (χ1n) is 6.66. The Morgan fingerprint density at radius 3 is 2.85 bits per heavy atom. The lowest BCUT2D eigenvalue weighted by atomic mass is 10.2. The molecule has 0 spiro atoms. The molecule has 0 amide bonds. The van der Waals surface area contributed by atoms with Crippen molar-refractivity contribution in [3.63, 3.8) is 0 Å². The van der Waals surface area contributed by atoms with Crippen LogP contribution in [-0.4, -0.2) is 9.55 Å². The monoisotopic (exact) mass is 303 g/mol. The minimum absolute atomic E-state index is 0.554. The highest BCUT2D eigenvalue weighted by atomic mass is 35.5. The van der Waals surface area contributed by atoms with Crippen molar-refractivity contribution in [3.05, 3.63) is 34.2 Å². The van der Waals surface area contributed by atoms with Crippen LogP contribution in [0.4, 0.5) is 5.69 Å². The van der Waals surface area contributed by atoms with Gasteiger partial charge in [0.2, 0.25) is 0 Å². The molecule has 5 heteroatoms. The van der Waals surface area contributed by atoms with E-state index >= 15 is 0 Å². The van der Waals surface area contributed by atoms with Gasteiger partial charge in [0.15, 0.2) is 5.82 Å². The standard InChI is InChI=1S/C15H14ClN3S/c1-8-7-20-14(13(8)17)15-18-11-6-9(16)2-5-12(11)19(15)10-3-4-10/h2,5-7,10H,3-4,17H2,1H3. The molecule has 0 aliphatic heterocycles. The number of nitrogens with zero attached hydrogens (tertiary/aromatic N) is 2. The predicted octanol–water partition coefficient (Wildman–Crippen LogP) is 4.64. The topological polar surface area (TPSA) is 43.8 Å². The second-order valence-electron chi connectivity index (χ2n) is 5.33. The summed E-state index contributed by atoms with van der Waals surface area (Å²) in [7, 11) is 0. The van der Waals surface area contributed by atoms with E-state index in [2.05, 4.69) is 16.0 Å². The van der Waals surface area contributed by atoms with Gasteiger partial charge in [-0.05, 0) is 48.9 Å². The normalized spacial score (nSPS) is 15.1. The van der Waals surface area contributed by atoms with Crippen molar-refractivity contribution in [1.82, 2.24) is 9.55 Å². The van der Waals surface area contributed by atoms with Gasteiger partial charge in [-0.3, -0.25) is 0 Å². The van der Waals surface area contributed by atoms with Gasteiger partial charge in [0.05, 0.1) is 21.6 Å². The van der Waals surface area contributed by atoms with Gasteiger partial charge in [-0.25, -0.2) is 4.98 Å². The van der Waals surface area contributed by atoms with E-state index in [9.17, 15) is 0 Å². The Balaban J connectivity index is 2.03. The molecule has 0 atom stereocenters. The number of anilines is 1. The van der Waals surface area contributed by atoms with Crippen LogP contribution in [0.2, 0.25) is 5.02 Å². The zero-order valence-corrected chi connectivity index (χ0v) is 12.6. The maximum atomic E-state index is 6.21. The molecule has 2 aromatic heterocycles. The number of rotatable bonds is 2. The molecule has 1 aliphatic carbocycles.